The summed E-state index contributed by atoms with van der Waals surface area (Å²) in [5.41, 5.74) is 2.64. The number of pyridine rings is 1. The second-order valence-corrected chi connectivity index (χ2v) is 7.17. The van der Waals surface area contributed by atoms with E-state index in [1.54, 1.807) is 18.3 Å². The molecule has 0 radical (unpaired) electrons. The van der Waals surface area contributed by atoms with Gasteiger partial charge in [-0.2, -0.15) is 9.61 Å². The molecule has 3 heterocycles. The van der Waals surface area contributed by atoms with Crippen molar-refractivity contribution in [3.63, 3.8) is 0 Å². The van der Waals surface area contributed by atoms with Crippen molar-refractivity contribution < 1.29 is 14.3 Å². The van der Waals surface area contributed by atoms with Crippen LogP contribution in [0.3, 0.4) is 0 Å². The highest BCUT2D eigenvalue weighted by Gasteiger charge is 2.19. The molecule has 1 unspecified atom stereocenters. The number of hydrogen-bond acceptors (Lipinski definition) is 6. The normalized spacial score (nSPS) is 12.2. The molecule has 0 aliphatic rings. The van der Waals surface area contributed by atoms with Gasteiger partial charge in [0.15, 0.2) is 0 Å². The van der Waals surface area contributed by atoms with Gasteiger partial charge in [0.1, 0.15) is 17.6 Å². The minimum atomic E-state index is -1.01. The summed E-state index contributed by atoms with van der Waals surface area (Å²) < 4.78 is 15.8. The maximum Gasteiger partial charge on any atom is 0.253 e. The van der Waals surface area contributed by atoms with Crippen molar-refractivity contribution >= 4 is 22.6 Å². The molecule has 5 aromatic rings. The van der Waals surface area contributed by atoms with Crippen LogP contribution in [0.2, 0.25) is 0 Å². The number of aliphatic hydroxyl groups excluding tert-OH is 1. The second kappa shape index (κ2) is 7.78. The molecule has 9 heteroatoms. The molecule has 1 amide bonds. The van der Waals surface area contributed by atoms with Crippen LogP contribution in [0.4, 0.5) is 4.39 Å². The van der Waals surface area contributed by atoms with Crippen molar-refractivity contribution in [2.24, 2.45) is 0 Å². The van der Waals surface area contributed by atoms with E-state index >= 15 is 0 Å². The van der Waals surface area contributed by atoms with Crippen LogP contribution in [0.25, 0.3) is 27.9 Å². The Hall–Kier alpha value is -4.24. The highest BCUT2D eigenvalue weighted by molar-refractivity contribution is 5.94. The summed E-state index contributed by atoms with van der Waals surface area (Å²) in [4.78, 5) is 24.5. The molecular formula is C23H17FN6O2. The van der Waals surface area contributed by atoms with E-state index in [9.17, 15) is 14.3 Å². The zero-order valence-corrected chi connectivity index (χ0v) is 16.9. The Labute approximate surface area is 181 Å². The van der Waals surface area contributed by atoms with Crippen molar-refractivity contribution in [1.29, 1.82) is 0 Å². The topological polar surface area (TPSA) is 105 Å². The first kappa shape index (κ1) is 19.7. The molecule has 5 rings (SSSR count). The summed E-state index contributed by atoms with van der Waals surface area (Å²) in [6.45, 7) is 0. The summed E-state index contributed by atoms with van der Waals surface area (Å²) in [7, 11) is 1.44. The molecule has 158 valence electrons. The number of imidazole rings is 1. The summed E-state index contributed by atoms with van der Waals surface area (Å²) in [6.07, 6.45) is 3.68. The molecule has 2 N–H and O–H groups in total. The predicted octanol–water partition coefficient (Wildman–Crippen LogP) is 2.92. The van der Waals surface area contributed by atoms with E-state index in [4.69, 9.17) is 0 Å². The van der Waals surface area contributed by atoms with Gasteiger partial charge in [-0.15, -0.1) is 0 Å². The molecule has 8 nitrogen and oxygen atoms in total. The molecule has 0 fully saturated rings. The zero-order chi connectivity index (χ0) is 22.2. The zero-order valence-electron chi connectivity index (χ0n) is 16.9. The minimum absolute atomic E-state index is 0.0603. The van der Waals surface area contributed by atoms with Crippen LogP contribution in [0, 0.1) is 5.82 Å². The van der Waals surface area contributed by atoms with Gasteiger partial charge in [0.2, 0.25) is 0 Å². The van der Waals surface area contributed by atoms with E-state index in [-0.39, 0.29) is 5.56 Å². The number of hydrogen-bond donors (Lipinski definition) is 2. The Kier molecular flexibility index (Phi) is 4.79. The van der Waals surface area contributed by atoms with E-state index in [1.807, 2.05) is 24.3 Å². The van der Waals surface area contributed by atoms with Crippen LogP contribution in [0.1, 0.15) is 27.7 Å². The van der Waals surface area contributed by atoms with Gasteiger partial charge in [0.25, 0.3) is 11.7 Å². The van der Waals surface area contributed by atoms with Crippen LogP contribution in [-0.2, 0) is 0 Å². The number of amides is 1. The molecule has 0 saturated carbocycles. The van der Waals surface area contributed by atoms with Gasteiger partial charge in [0.05, 0.1) is 29.2 Å². The average Bonchev–Trinajstić information content (AvgIpc) is 3.26. The van der Waals surface area contributed by atoms with Crippen molar-refractivity contribution in [2.75, 3.05) is 7.05 Å². The molecule has 0 saturated heterocycles. The van der Waals surface area contributed by atoms with E-state index in [2.05, 4.69) is 25.4 Å². The number of aliphatic hydroxyl groups is 1. The predicted molar refractivity (Wildman–Crippen MR) is 115 cm³/mol. The summed E-state index contributed by atoms with van der Waals surface area (Å²) in [5, 5.41) is 18.8. The quantitative estimate of drug-likeness (QED) is 0.456. The molecule has 1 atom stereocenters. The lowest BCUT2D eigenvalue weighted by Gasteiger charge is -2.12. The smallest absolute Gasteiger partial charge is 0.253 e. The first-order valence-electron chi connectivity index (χ1n) is 9.80. The Morgan fingerprint density at radius 1 is 1.09 bits per heavy atom. The molecule has 3 aromatic heterocycles. The number of nitrogens with one attached hydrogen (secondary N) is 1. The monoisotopic (exact) mass is 428 g/mol. The highest BCUT2D eigenvalue weighted by atomic mass is 19.1. The fraction of sp³-hybridized carbons (Fsp3) is 0.0870. The number of fused-ring (bicyclic) bond motifs is 2. The maximum atomic E-state index is 14.4. The molecule has 0 aliphatic heterocycles. The number of nitrogens with zero attached hydrogens (tertiary/aromatic N) is 5. The minimum Gasteiger partial charge on any atom is -0.382 e. The summed E-state index contributed by atoms with van der Waals surface area (Å²) in [6, 6.07) is 13.4. The Morgan fingerprint density at radius 2 is 1.94 bits per heavy atom. The van der Waals surface area contributed by atoms with E-state index in [1.165, 1.54) is 36.1 Å². The Morgan fingerprint density at radius 3 is 2.75 bits per heavy atom. The van der Waals surface area contributed by atoms with Gasteiger partial charge in [-0.3, -0.25) is 9.78 Å². The SMILES string of the molecule is CNC(=O)c1ccc(-c2cnc3ncc(C(O)c4ccc5ncccc5c4)n3n2)cc1F. The van der Waals surface area contributed by atoms with Gasteiger partial charge in [-0.1, -0.05) is 18.2 Å². The third-order valence-electron chi connectivity index (χ3n) is 5.22. The Balaban J connectivity index is 1.55. The highest BCUT2D eigenvalue weighted by Crippen LogP contribution is 2.26. The van der Waals surface area contributed by atoms with Gasteiger partial charge < -0.3 is 10.4 Å². The number of halogens is 1. The average molecular weight is 428 g/mol. The third-order valence-corrected chi connectivity index (χ3v) is 5.22. The number of rotatable bonds is 4. The molecule has 0 aliphatic carbocycles. The summed E-state index contributed by atoms with van der Waals surface area (Å²) in [5.74, 6) is -0.881. The van der Waals surface area contributed by atoms with Gasteiger partial charge in [-0.25, -0.2) is 14.4 Å². The number of aromatic nitrogens is 5. The van der Waals surface area contributed by atoms with Crippen LogP contribution in [0.5, 0.6) is 0 Å². The maximum absolute atomic E-state index is 14.4. The molecular weight excluding hydrogens is 411 g/mol. The van der Waals surface area contributed by atoms with Gasteiger partial charge >= 0.3 is 0 Å². The summed E-state index contributed by atoms with van der Waals surface area (Å²) >= 11 is 0. The van der Waals surface area contributed by atoms with E-state index < -0.39 is 17.8 Å². The van der Waals surface area contributed by atoms with E-state index in [0.29, 0.717) is 28.3 Å². The van der Waals surface area contributed by atoms with Gasteiger partial charge in [-0.05, 0) is 35.9 Å². The second-order valence-electron chi connectivity index (χ2n) is 7.17. The van der Waals surface area contributed by atoms with E-state index in [0.717, 1.165) is 10.9 Å². The van der Waals surface area contributed by atoms with Crippen LogP contribution >= 0.6 is 0 Å². The standard InChI is InChI=1S/C23H17FN6O2/c1-25-22(32)16-6-4-14(10-17(16)24)19-11-27-23-28-12-20(30(23)29-19)21(31)15-5-7-18-13(9-15)3-2-8-26-18/h2-12,21,31H,1H3,(H,25,32). The van der Waals surface area contributed by atoms with Crippen LogP contribution in [0.15, 0.2) is 67.1 Å². The lowest BCUT2D eigenvalue weighted by molar-refractivity contribution is 0.0959. The first-order valence-corrected chi connectivity index (χ1v) is 9.80. The molecule has 32 heavy (non-hydrogen) atoms. The van der Waals surface area contributed by atoms with Crippen LogP contribution < -0.4 is 5.32 Å². The van der Waals surface area contributed by atoms with Crippen molar-refractivity contribution in [3.8, 4) is 11.3 Å². The van der Waals surface area contributed by atoms with Crippen molar-refractivity contribution in [3.05, 3.63) is 89.8 Å². The third kappa shape index (κ3) is 3.34. The van der Waals surface area contributed by atoms with Crippen molar-refractivity contribution in [2.45, 2.75) is 6.10 Å². The van der Waals surface area contributed by atoms with Gasteiger partial charge in [0, 0.05) is 24.2 Å². The largest absolute Gasteiger partial charge is 0.382 e. The number of benzene rings is 2. The molecule has 0 bridgehead atoms. The number of carbonyl (C=O) groups excluding carboxylic acids is 1. The number of carbonyl (C=O) groups is 1. The fourth-order valence-electron chi connectivity index (χ4n) is 3.54. The lowest BCUT2D eigenvalue weighted by Crippen LogP contribution is -2.19. The lowest BCUT2D eigenvalue weighted by atomic mass is 10.0. The van der Waals surface area contributed by atoms with Crippen molar-refractivity contribution in [1.82, 2.24) is 29.9 Å². The molecule has 2 aromatic carbocycles. The fourth-order valence-corrected chi connectivity index (χ4v) is 3.54. The van der Waals surface area contributed by atoms with Crippen LogP contribution in [-0.4, -0.2) is 42.6 Å². The Bertz CT molecular complexity index is 1480. The first-order chi connectivity index (χ1) is 15.5. The molecule has 0 spiro atoms.